The van der Waals surface area contributed by atoms with Crippen LogP contribution in [0, 0.1) is 0 Å². The molecule has 4 N–H and O–H groups in total. The number of anilines is 3. The van der Waals surface area contributed by atoms with Crippen LogP contribution in [0.5, 0.6) is 5.75 Å². The smallest absolute Gasteiger partial charge is 0.261 e. The molecule has 112 valence electrons. The van der Waals surface area contributed by atoms with Crippen LogP contribution in [0.2, 0.25) is 0 Å². The van der Waals surface area contributed by atoms with Gasteiger partial charge in [-0.15, -0.1) is 0 Å². The van der Waals surface area contributed by atoms with Gasteiger partial charge in [-0.2, -0.15) is 0 Å². The maximum Gasteiger partial charge on any atom is 0.261 e. The summed E-state index contributed by atoms with van der Waals surface area (Å²) in [4.78, 5) is 0.144. The van der Waals surface area contributed by atoms with E-state index in [-0.39, 0.29) is 4.90 Å². The number of rotatable bonds is 5. The second-order valence-corrected chi connectivity index (χ2v) is 6.06. The molecule has 0 aliphatic rings. The molecule has 0 saturated heterocycles. The van der Waals surface area contributed by atoms with Crippen molar-refractivity contribution in [1.29, 1.82) is 0 Å². The lowest BCUT2D eigenvalue weighted by Crippen LogP contribution is -2.13. The molecule has 0 atom stereocenters. The van der Waals surface area contributed by atoms with Crippen LogP contribution in [-0.2, 0) is 10.0 Å². The Hall–Kier alpha value is -2.41. The highest BCUT2D eigenvalue weighted by atomic mass is 32.2. The largest absolute Gasteiger partial charge is 0.497 e. The summed E-state index contributed by atoms with van der Waals surface area (Å²) in [6.45, 7) is 0. The van der Waals surface area contributed by atoms with Crippen LogP contribution in [0.1, 0.15) is 0 Å². The number of hydrogen-bond acceptors (Lipinski definition) is 5. The quantitative estimate of drug-likeness (QED) is 0.736. The minimum atomic E-state index is -3.67. The lowest BCUT2D eigenvalue weighted by Gasteiger charge is -2.12. The second kappa shape index (κ2) is 5.92. The number of benzene rings is 2. The van der Waals surface area contributed by atoms with Gasteiger partial charge in [-0.1, -0.05) is 0 Å². The zero-order valence-corrected chi connectivity index (χ0v) is 12.6. The lowest BCUT2D eigenvalue weighted by atomic mass is 10.2. The molecule has 21 heavy (non-hydrogen) atoms. The number of sulfonamides is 1. The van der Waals surface area contributed by atoms with E-state index in [1.54, 1.807) is 37.4 Å². The van der Waals surface area contributed by atoms with Gasteiger partial charge in [0.25, 0.3) is 10.0 Å². The molecule has 0 radical (unpaired) electrons. The van der Waals surface area contributed by atoms with Crippen molar-refractivity contribution in [2.24, 2.45) is 0 Å². The van der Waals surface area contributed by atoms with Crippen molar-refractivity contribution < 1.29 is 13.2 Å². The predicted octanol–water partition coefficient (Wildman–Crippen LogP) is 2.12. The van der Waals surface area contributed by atoms with E-state index < -0.39 is 10.0 Å². The number of nitrogen functional groups attached to an aromatic ring is 1. The zero-order valence-electron chi connectivity index (χ0n) is 11.8. The summed E-state index contributed by atoms with van der Waals surface area (Å²) in [5.74, 6) is 0.553. The topological polar surface area (TPSA) is 93.5 Å². The number of methoxy groups -OCH3 is 1. The zero-order chi connectivity index (χ0) is 15.5. The van der Waals surface area contributed by atoms with E-state index >= 15 is 0 Å². The predicted molar refractivity (Wildman–Crippen MR) is 84.2 cm³/mol. The summed E-state index contributed by atoms with van der Waals surface area (Å²) in [5, 5.41) is 2.94. The number of ether oxygens (including phenoxy) is 1. The molecule has 0 aliphatic carbocycles. The van der Waals surface area contributed by atoms with Crippen molar-refractivity contribution in [1.82, 2.24) is 0 Å². The molecule has 0 heterocycles. The highest BCUT2D eigenvalue weighted by Crippen LogP contribution is 2.26. The van der Waals surface area contributed by atoms with Crippen molar-refractivity contribution in [3.05, 3.63) is 42.5 Å². The third-order valence-corrected chi connectivity index (χ3v) is 4.27. The van der Waals surface area contributed by atoms with Gasteiger partial charge in [0.1, 0.15) is 5.75 Å². The molecule has 0 spiro atoms. The fourth-order valence-corrected chi connectivity index (χ4v) is 2.82. The van der Waals surface area contributed by atoms with Crippen LogP contribution in [0.25, 0.3) is 0 Å². The van der Waals surface area contributed by atoms with Gasteiger partial charge in [-0.05, 0) is 30.3 Å². The van der Waals surface area contributed by atoms with Gasteiger partial charge < -0.3 is 15.8 Å². The van der Waals surface area contributed by atoms with E-state index in [2.05, 4.69) is 10.0 Å². The number of nitrogens with two attached hydrogens (primary N) is 1. The van der Waals surface area contributed by atoms with Crippen molar-refractivity contribution >= 4 is 27.1 Å². The molecular formula is C14H17N3O3S. The van der Waals surface area contributed by atoms with E-state index in [4.69, 9.17) is 10.5 Å². The van der Waals surface area contributed by atoms with Crippen LogP contribution in [-0.4, -0.2) is 22.6 Å². The van der Waals surface area contributed by atoms with E-state index in [9.17, 15) is 8.42 Å². The van der Waals surface area contributed by atoms with Crippen LogP contribution >= 0.6 is 0 Å². The fourth-order valence-electron chi connectivity index (χ4n) is 1.78. The monoisotopic (exact) mass is 307 g/mol. The summed E-state index contributed by atoms with van der Waals surface area (Å²) in [5.41, 5.74) is 7.22. The molecular weight excluding hydrogens is 290 g/mol. The first-order valence-corrected chi connectivity index (χ1v) is 7.68. The Morgan fingerprint density at radius 3 is 2.24 bits per heavy atom. The Morgan fingerprint density at radius 2 is 1.67 bits per heavy atom. The molecule has 2 aromatic rings. The van der Waals surface area contributed by atoms with E-state index in [1.165, 1.54) is 19.2 Å². The van der Waals surface area contributed by atoms with E-state index in [1.807, 2.05) is 0 Å². The van der Waals surface area contributed by atoms with E-state index in [0.29, 0.717) is 17.1 Å². The average molecular weight is 307 g/mol. The molecule has 0 fully saturated rings. The van der Waals surface area contributed by atoms with Gasteiger partial charge in [0.05, 0.1) is 17.7 Å². The highest BCUT2D eigenvalue weighted by molar-refractivity contribution is 7.92. The average Bonchev–Trinajstić information content (AvgIpc) is 2.46. The minimum absolute atomic E-state index is 0.144. The molecule has 0 bridgehead atoms. The van der Waals surface area contributed by atoms with Crippen molar-refractivity contribution in [3.8, 4) is 5.75 Å². The molecule has 0 unspecified atom stereocenters. The lowest BCUT2D eigenvalue weighted by molar-refractivity contribution is 0.415. The Balaban J connectivity index is 2.34. The van der Waals surface area contributed by atoms with Crippen LogP contribution in [0.15, 0.2) is 47.4 Å². The Labute approximate surface area is 124 Å². The molecule has 0 saturated carbocycles. The fraction of sp³-hybridized carbons (Fsp3) is 0.143. The minimum Gasteiger partial charge on any atom is -0.497 e. The molecule has 7 heteroatoms. The second-order valence-electron chi connectivity index (χ2n) is 4.37. The Bertz CT molecular complexity index is 705. The summed E-state index contributed by atoms with van der Waals surface area (Å²) < 4.78 is 32.3. The molecule has 6 nitrogen and oxygen atoms in total. The Kier molecular flexibility index (Phi) is 4.23. The van der Waals surface area contributed by atoms with Gasteiger partial charge in [0.2, 0.25) is 0 Å². The first-order chi connectivity index (χ1) is 9.94. The van der Waals surface area contributed by atoms with Gasteiger partial charge in [-0.3, -0.25) is 4.72 Å². The first kappa shape index (κ1) is 15.0. The van der Waals surface area contributed by atoms with Gasteiger partial charge in [0, 0.05) is 30.6 Å². The third-order valence-electron chi connectivity index (χ3n) is 2.87. The molecule has 0 aromatic heterocycles. The molecule has 2 rings (SSSR count). The maximum absolute atomic E-state index is 12.3. The van der Waals surface area contributed by atoms with Crippen LogP contribution < -0.4 is 20.5 Å². The standard InChI is InChI=1S/C14H17N3O3S/c1-16-11-7-12(9-13(8-11)20-2)17-21(18,19)14-5-3-10(15)4-6-14/h3-9,16-17H,15H2,1-2H3. The molecule has 2 aromatic carbocycles. The van der Waals surface area contributed by atoms with Crippen molar-refractivity contribution in [2.45, 2.75) is 4.90 Å². The van der Waals surface area contributed by atoms with Gasteiger partial charge in [-0.25, -0.2) is 8.42 Å². The van der Waals surface area contributed by atoms with Gasteiger partial charge >= 0.3 is 0 Å². The van der Waals surface area contributed by atoms with Crippen LogP contribution in [0.3, 0.4) is 0 Å². The van der Waals surface area contributed by atoms with Crippen LogP contribution in [0.4, 0.5) is 17.1 Å². The maximum atomic E-state index is 12.3. The highest BCUT2D eigenvalue weighted by Gasteiger charge is 2.14. The van der Waals surface area contributed by atoms with Crippen molar-refractivity contribution in [3.63, 3.8) is 0 Å². The summed E-state index contributed by atoms with van der Waals surface area (Å²) in [6, 6.07) is 11.0. The summed E-state index contributed by atoms with van der Waals surface area (Å²) in [7, 11) is -0.405. The first-order valence-electron chi connectivity index (χ1n) is 6.20. The third kappa shape index (κ3) is 3.57. The summed E-state index contributed by atoms with van der Waals surface area (Å²) >= 11 is 0. The van der Waals surface area contributed by atoms with Crippen molar-refractivity contribution in [2.75, 3.05) is 29.9 Å². The molecule has 0 amide bonds. The van der Waals surface area contributed by atoms with E-state index in [0.717, 1.165) is 5.69 Å². The normalized spacial score (nSPS) is 11.0. The number of hydrogen-bond donors (Lipinski definition) is 3. The Morgan fingerprint density at radius 1 is 1.05 bits per heavy atom. The summed E-state index contributed by atoms with van der Waals surface area (Å²) in [6.07, 6.45) is 0. The SMILES string of the molecule is CNc1cc(NS(=O)(=O)c2ccc(N)cc2)cc(OC)c1. The molecule has 0 aliphatic heterocycles. The number of nitrogens with one attached hydrogen (secondary N) is 2. The van der Waals surface area contributed by atoms with Gasteiger partial charge in [0.15, 0.2) is 0 Å².